The summed E-state index contributed by atoms with van der Waals surface area (Å²) in [5.74, 6) is 1.39. The van der Waals surface area contributed by atoms with Gasteiger partial charge in [-0.05, 0) is 93.5 Å². The van der Waals surface area contributed by atoms with E-state index in [-0.39, 0.29) is 52.4 Å². The predicted octanol–water partition coefficient (Wildman–Crippen LogP) is 4.30. The van der Waals surface area contributed by atoms with Crippen molar-refractivity contribution < 1.29 is 33.6 Å². The first kappa shape index (κ1) is 25.0. The third-order valence-electron chi connectivity index (χ3n) is 12.6. The lowest BCUT2D eigenvalue weighted by molar-refractivity contribution is -0.215. The second-order valence-corrected chi connectivity index (χ2v) is 13.8. The normalized spacial score (nSPS) is 55.0. The number of epoxide rings is 1. The van der Waals surface area contributed by atoms with Crippen molar-refractivity contribution in [2.45, 2.75) is 127 Å². The van der Waals surface area contributed by atoms with Gasteiger partial charge in [0.1, 0.15) is 23.9 Å². The molecule has 37 heavy (non-hydrogen) atoms. The number of rotatable bonds is 5. The molecule has 206 valence electrons. The number of aliphatic hydroxyl groups excluding tert-OH is 1. The molecule has 4 saturated carbocycles. The summed E-state index contributed by atoms with van der Waals surface area (Å²) in [7, 11) is 1.70. The summed E-state index contributed by atoms with van der Waals surface area (Å²) in [6.45, 7) is 7.43. The van der Waals surface area contributed by atoms with Crippen LogP contribution in [0, 0.1) is 28.6 Å². The molecule has 4 aliphatic carbocycles. The fourth-order valence-corrected chi connectivity index (χ4v) is 10.7. The number of fused-ring (bicyclic) bond motifs is 2. The molecule has 12 atom stereocenters. The van der Waals surface area contributed by atoms with Crippen LogP contribution in [0.3, 0.4) is 0 Å². The number of cyclic esters (lactones) is 1. The van der Waals surface area contributed by atoms with E-state index in [0.717, 1.165) is 44.9 Å². The molecule has 7 nitrogen and oxygen atoms in total. The fraction of sp³-hybridized carbons (Fsp3) is 0.900. The molecule has 7 heteroatoms. The number of ether oxygens (including phenoxy) is 5. The molecule has 7 aliphatic rings. The Hall–Kier alpha value is -0.990. The van der Waals surface area contributed by atoms with Crippen molar-refractivity contribution >= 4 is 5.97 Å². The van der Waals surface area contributed by atoms with Crippen LogP contribution in [-0.4, -0.2) is 66.7 Å². The molecule has 0 radical (unpaired) electrons. The molecule has 2 spiro atoms. The predicted molar refractivity (Wildman–Crippen MR) is 134 cm³/mol. The van der Waals surface area contributed by atoms with Crippen LogP contribution in [0.25, 0.3) is 0 Å². The fourth-order valence-electron chi connectivity index (χ4n) is 10.7. The Morgan fingerprint density at radius 2 is 1.92 bits per heavy atom. The first-order valence-corrected chi connectivity index (χ1v) is 14.7. The molecule has 0 unspecified atom stereocenters. The number of esters is 1. The van der Waals surface area contributed by atoms with Gasteiger partial charge in [0.2, 0.25) is 0 Å². The van der Waals surface area contributed by atoms with Gasteiger partial charge in [-0.15, -0.1) is 0 Å². The van der Waals surface area contributed by atoms with Crippen molar-refractivity contribution in [3.8, 4) is 0 Å². The highest BCUT2D eigenvalue weighted by molar-refractivity contribution is 5.85. The summed E-state index contributed by atoms with van der Waals surface area (Å²) >= 11 is 0. The lowest BCUT2D eigenvalue weighted by Crippen LogP contribution is -2.59. The molecule has 0 amide bonds. The third kappa shape index (κ3) is 3.27. The van der Waals surface area contributed by atoms with Gasteiger partial charge >= 0.3 is 5.97 Å². The average molecular weight is 517 g/mol. The SMILES string of the molecule is CO[C@@H]1C[C@H]([C@H](O)O[C@H]2CC[C@@]3(C)[C@H](CC[C@@]45O[C@@]46CC[C@H](C4=CC(=O)OC4)[C@@]6(C)CC[C@H]35)C2)O[C@@H]1C. The number of aliphatic hydroxyl groups is 1. The van der Waals surface area contributed by atoms with Gasteiger partial charge in [0.15, 0.2) is 6.29 Å². The molecule has 0 aromatic rings. The molecule has 0 aromatic carbocycles. The Morgan fingerprint density at radius 3 is 2.65 bits per heavy atom. The van der Waals surface area contributed by atoms with E-state index < -0.39 is 6.29 Å². The van der Waals surface area contributed by atoms with Crippen molar-refractivity contribution in [1.29, 1.82) is 0 Å². The molecular formula is C30H44O7. The summed E-state index contributed by atoms with van der Waals surface area (Å²) in [4.78, 5) is 11.8. The maximum atomic E-state index is 11.8. The van der Waals surface area contributed by atoms with Crippen molar-refractivity contribution in [2.24, 2.45) is 28.6 Å². The van der Waals surface area contributed by atoms with Crippen molar-refractivity contribution in [3.63, 3.8) is 0 Å². The van der Waals surface area contributed by atoms with Crippen LogP contribution in [-0.2, 0) is 28.5 Å². The molecular weight excluding hydrogens is 472 g/mol. The first-order valence-electron chi connectivity index (χ1n) is 14.7. The Morgan fingerprint density at radius 1 is 1.08 bits per heavy atom. The first-order chi connectivity index (χ1) is 17.7. The maximum absolute atomic E-state index is 11.8. The quantitative estimate of drug-likeness (QED) is 0.331. The van der Waals surface area contributed by atoms with Crippen LogP contribution in [0.5, 0.6) is 0 Å². The van der Waals surface area contributed by atoms with Crippen molar-refractivity contribution in [3.05, 3.63) is 11.6 Å². The Bertz CT molecular complexity index is 996. The van der Waals surface area contributed by atoms with Crippen LogP contribution in [0.15, 0.2) is 11.6 Å². The molecule has 0 aromatic heterocycles. The average Bonchev–Trinajstić information content (AvgIpc) is 3.12. The zero-order valence-electron chi connectivity index (χ0n) is 22.9. The number of hydrogen-bond acceptors (Lipinski definition) is 7. The molecule has 1 N–H and O–H groups in total. The number of carbonyl (C=O) groups is 1. The van der Waals surface area contributed by atoms with Crippen molar-refractivity contribution in [1.82, 2.24) is 0 Å². The largest absolute Gasteiger partial charge is 0.458 e. The van der Waals surface area contributed by atoms with E-state index in [1.807, 2.05) is 6.92 Å². The zero-order chi connectivity index (χ0) is 25.8. The van der Waals surface area contributed by atoms with Gasteiger partial charge in [-0.2, -0.15) is 0 Å². The number of carbonyl (C=O) groups excluding carboxylic acids is 1. The minimum absolute atomic E-state index is 0.000227. The monoisotopic (exact) mass is 516 g/mol. The summed E-state index contributed by atoms with van der Waals surface area (Å²) in [5.41, 5.74) is 1.50. The molecule has 0 bridgehead atoms. The summed E-state index contributed by atoms with van der Waals surface area (Å²) in [6, 6.07) is 0. The Kier molecular flexibility index (Phi) is 5.58. The van der Waals surface area contributed by atoms with Gasteiger partial charge in [0, 0.05) is 25.0 Å². The van der Waals surface area contributed by atoms with E-state index in [4.69, 9.17) is 23.7 Å². The van der Waals surface area contributed by atoms with E-state index in [0.29, 0.717) is 30.8 Å². The molecule has 3 heterocycles. The minimum Gasteiger partial charge on any atom is -0.458 e. The van der Waals surface area contributed by atoms with Crippen LogP contribution in [0.2, 0.25) is 0 Å². The zero-order valence-corrected chi connectivity index (χ0v) is 22.9. The van der Waals surface area contributed by atoms with E-state index >= 15 is 0 Å². The van der Waals surface area contributed by atoms with E-state index in [9.17, 15) is 9.90 Å². The topological polar surface area (TPSA) is 86.8 Å². The van der Waals surface area contributed by atoms with Gasteiger partial charge in [-0.1, -0.05) is 13.8 Å². The molecule has 6 fully saturated rings. The van der Waals surface area contributed by atoms with E-state index in [1.165, 1.54) is 18.4 Å². The van der Waals surface area contributed by atoms with Crippen molar-refractivity contribution in [2.75, 3.05) is 13.7 Å². The van der Waals surface area contributed by atoms with Crippen LogP contribution in [0.4, 0.5) is 0 Å². The summed E-state index contributed by atoms with van der Waals surface area (Å²) in [5, 5.41) is 10.8. The van der Waals surface area contributed by atoms with Gasteiger partial charge in [-0.25, -0.2) is 4.79 Å². The summed E-state index contributed by atoms with van der Waals surface area (Å²) < 4.78 is 30.0. The Balaban J connectivity index is 1.05. The molecule has 3 aliphatic heterocycles. The van der Waals surface area contributed by atoms with Crippen LogP contribution >= 0.6 is 0 Å². The van der Waals surface area contributed by atoms with E-state index in [2.05, 4.69) is 13.8 Å². The van der Waals surface area contributed by atoms with Crippen LogP contribution in [0.1, 0.15) is 85.0 Å². The number of methoxy groups -OCH3 is 1. The Labute approximate surface area is 220 Å². The number of hydrogen-bond donors (Lipinski definition) is 1. The summed E-state index contributed by atoms with van der Waals surface area (Å²) in [6.07, 6.45) is 11.3. The van der Waals surface area contributed by atoms with Gasteiger partial charge in [0.05, 0.1) is 18.3 Å². The highest BCUT2D eigenvalue weighted by Crippen LogP contribution is 2.81. The molecule has 2 saturated heterocycles. The van der Waals surface area contributed by atoms with Gasteiger partial charge in [-0.3, -0.25) is 0 Å². The van der Waals surface area contributed by atoms with Gasteiger partial charge < -0.3 is 28.8 Å². The van der Waals surface area contributed by atoms with E-state index in [1.54, 1.807) is 13.2 Å². The van der Waals surface area contributed by atoms with Gasteiger partial charge in [0.25, 0.3) is 0 Å². The standard InChI is InChI=1S/C30H44O7/c1-17-22(33-4)15-23(35-17)26(32)36-20-6-9-27(2)19(14-20)5-11-29-24(27)8-10-28(3)21(7-12-30(28,29)37-29)18-13-25(31)34-16-18/h13,17,19-24,26,32H,5-12,14-16H2,1-4H3/t17-,19-,20+,21-,22-,23-,24-,26-,27+,28-,29+,30-/m1/s1. The smallest absolute Gasteiger partial charge is 0.331 e. The third-order valence-corrected chi connectivity index (χ3v) is 12.6. The lowest BCUT2D eigenvalue weighted by atomic mass is 9.44. The lowest BCUT2D eigenvalue weighted by Gasteiger charge is -2.58. The highest BCUT2D eigenvalue weighted by atomic mass is 16.6. The second-order valence-electron chi connectivity index (χ2n) is 13.8. The van der Waals surface area contributed by atoms with Crippen LogP contribution < -0.4 is 0 Å². The molecule has 7 rings (SSSR count). The second kappa shape index (κ2) is 8.26. The minimum atomic E-state index is -0.895. The maximum Gasteiger partial charge on any atom is 0.331 e. The highest BCUT2D eigenvalue weighted by Gasteiger charge is 2.86.